The number of furan rings is 1. The minimum Gasteiger partial charge on any atom is -0.505 e. The van der Waals surface area contributed by atoms with E-state index in [1.807, 2.05) is 39.8 Å². The van der Waals surface area contributed by atoms with Crippen LogP contribution in [-0.4, -0.2) is 39.1 Å². The van der Waals surface area contributed by atoms with Gasteiger partial charge >= 0.3 is 5.97 Å². The van der Waals surface area contributed by atoms with Crippen molar-refractivity contribution in [2.24, 2.45) is 10.2 Å². The van der Waals surface area contributed by atoms with Crippen molar-refractivity contribution in [1.29, 1.82) is 0 Å². The Bertz CT molecular complexity index is 1580. The number of phenolic OH excluding ortho intramolecular Hbond substituents is 1. The summed E-state index contributed by atoms with van der Waals surface area (Å²) in [4.78, 5) is 24.1. The average molecular weight is 604 g/mol. The van der Waals surface area contributed by atoms with Crippen LogP contribution in [0.3, 0.4) is 0 Å². The van der Waals surface area contributed by atoms with Crippen LogP contribution < -0.4 is 10.9 Å². The van der Waals surface area contributed by atoms with Crippen LogP contribution in [0.1, 0.15) is 87.2 Å². The highest BCUT2D eigenvalue weighted by atomic mass is 16.4. The van der Waals surface area contributed by atoms with Gasteiger partial charge in [0.15, 0.2) is 11.4 Å². The SMILES string of the molecule is C1CCNCC1.CC.CC.Cc1[nH]n(-c2ccc3c(c2)CCCC3)c(=O)c1N=Nc1cccc(-c2ccc(C(=O)O)o2)c1O. The number of phenols is 1. The van der Waals surface area contributed by atoms with E-state index in [-0.39, 0.29) is 39.8 Å². The molecule has 1 aliphatic carbocycles. The van der Waals surface area contributed by atoms with Crippen LogP contribution in [-0.2, 0) is 12.8 Å². The Morgan fingerprint density at radius 2 is 1.59 bits per heavy atom. The van der Waals surface area contributed by atoms with Crippen molar-refractivity contribution in [3.63, 3.8) is 0 Å². The van der Waals surface area contributed by atoms with Crippen LogP contribution >= 0.6 is 0 Å². The molecular weight excluding hydrogens is 558 g/mol. The highest BCUT2D eigenvalue weighted by Gasteiger charge is 2.17. The predicted molar refractivity (Wildman–Crippen MR) is 174 cm³/mol. The number of piperidine rings is 1. The molecule has 3 heterocycles. The molecule has 4 N–H and O–H groups in total. The van der Waals surface area contributed by atoms with Crippen LogP contribution in [0.2, 0.25) is 0 Å². The summed E-state index contributed by atoms with van der Waals surface area (Å²) in [6.45, 7) is 12.2. The van der Waals surface area contributed by atoms with Gasteiger partial charge in [-0.25, -0.2) is 9.48 Å². The number of hydrogen-bond acceptors (Lipinski definition) is 7. The summed E-state index contributed by atoms with van der Waals surface area (Å²) in [5, 5.41) is 34.2. The molecule has 1 aliphatic heterocycles. The third-order valence-electron chi connectivity index (χ3n) is 7.19. The fourth-order valence-electron chi connectivity index (χ4n) is 5.01. The van der Waals surface area contributed by atoms with Gasteiger partial charge in [-0.05, 0) is 106 Å². The number of para-hydroxylation sites is 1. The van der Waals surface area contributed by atoms with Crippen molar-refractivity contribution >= 4 is 17.3 Å². The number of aromatic hydroxyl groups is 1. The van der Waals surface area contributed by atoms with Crippen LogP contribution in [0.15, 0.2) is 68.0 Å². The number of carboxylic acids is 1. The Morgan fingerprint density at radius 3 is 2.20 bits per heavy atom. The van der Waals surface area contributed by atoms with Crippen LogP contribution in [0, 0.1) is 6.92 Å². The molecule has 1 fully saturated rings. The maximum atomic E-state index is 13.1. The van der Waals surface area contributed by atoms with E-state index in [2.05, 4.69) is 26.7 Å². The summed E-state index contributed by atoms with van der Waals surface area (Å²) in [7, 11) is 0. The zero-order chi connectivity index (χ0) is 32.1. The molecule has 0 unspecified atom stereocenters. The summed E-state index contributed by atoms with van der Waals surface area (Å²) in [6, 6.07) is 13.5. The number of rotatable bonds is 5. The lowest BCUT2D eigenvalue weighted by molar-refractivity contribution is 0.0663. The number of nitrogens with zero attached hydrogens (tertiary/aromatic N) is 3. The number of hydrogen-bond donors (Lipinski definition) is 4. The van der Waals surface area contributed by atoms with Gasteiger partial charge < -0.3 is 19.9 Å². The Morgan fingerprint density at radius 1 is 0.886 bits per heavy atom. The molecule has 0 radical (unpaired) electrons. The number of azo groups is 1. The van der Waals surface area contributed by atoms with Crippen molar-refractivity contribution in [2.75, 3.05) is 13.1 Å². The number of aromatic carboxylic acids is 1. The minimum atomic E-state index is -1.21. The zero-order valence-corrected chi connectivity index (χ0v) is 26.4. The number of aryl methyl sites for hydroxylation is 3. The van der Waals surface area contributed by atoms with E-state index in [0.29, 0.717) is 5.69 Å². The van der Waals surface area contributed by atoms with E-state index in [4.69, 9.17) is 9.52 Å². The summed E-state index contributed by atoms with van der Waals surface area (Å²) in [6.07, 6.45) is 8.61. The van der Waals surface area contributed by atoms with Crippen LogP contribution in [0.25, 0.3) is 17.0 Å². The molecule has 44 heavy (non-hydrogen) atoms. The van der Waals surface area contributed by atoms with E-state index in [1.54, 1.807) is 19.1 Å². The number of carbonyl (C=O) groups is 1. The summed E-state index contributed by atoms with van der Waals surface area (Å²) >= 11 is 0. The topological polar surface area (TPSA) is 145 Å². The Labute approximate surface area is 258 Å². The molecular formula is C34H45N5O5. The Kier molecular flexibility index (Phi) is 13.2. The third kappa shape index (κ3) is 8.35. The van der Waals surface area contributed by atoms with Crippen LogP contribution in [0.4, 0.5) is 11.4 Å². The van der Waals surface area contributed by atoms with Crippen LogP contribution in [0.5, 0.6) is 5.75 Å². The highest BCUT2D eigenvalue weighted by molar-refractivity contribution is 5.85. The van der Waals surface area contributed by atoms with Crippen molar-refractivity contribution in [3.05, 3.63) is 81.5 Å². The van der Waals surface area contributed by atoms with Gasteiger partial charge in [-0.2, -0.15) is 0 Å². The molecule has 236 valence electrons. The molecule has 2 aromatic carbocycles. The maximum Gasteiger partial charge on any atom is 0.371 e. The number of benzene rings is 2. The Balaban J connectivity index is 0.000000461. The molecule has 0 bridgehead atoms. The molecule has 0 amide bonds. The standard InChI is InChI=1S/C25H22N4O5.C5H11N.2C2H6/c1-14-22(24(31)29(28-14)17-10-9-15-5-2-3-6-16(15)13-17)27-26-19-8-4-7-18(23(19)30)20-11-12-21(34-20)25(32)33;1-2-4-6-5-3-1;2*1-2/h4,7-13,28,30H,2-3,5-6H2,1H3,(H,32,33);6H,1-5H2;2*1-2H3. The normalized spacial score (nSPS) is 13.8. The lowest BCUT2D eigenvalue weighted by Gasteiger charge is -2.16. The van der Waals surface area contributed by atoms with Gasteiger partial charge in [0.25, 0.3) is 5.56 Å². The molecule has 0 atom stereocenters. The number of carboxylic acid groups (broad SMARTS) is 1. The first-order valence-electron chi connectivity index (χ1n) is 15.6. The first-order valence-corrected chi connectivity index (χ1v) is 15.6. The second-order valence-corrected chi connectivity index (χ2v) is 10.0. The summed E-state index contributed by atoms with van der Waals surface area (Å²) < 4.78 is 6.72. The van der Waals surface area contributed by atoms with Gasteiger partial charge in [-0.3, -0.25) is 9.89 Å². The summed E-state index contributed by atoms with van der Waals surface area (Å²) in [5.41, 5.74) is 4.04. The maximum absolute atomic E-state index is 13.1. The zero-order valence-electron chi connectivity index (χ0n) is 26.4. The second kappa shape index (κ2) is 17.0. The second-order valence-electron chi connectivity index (χ2n) is 10.0. The fraction of sp³-hybridized carbons (Fsp3) is 0.412. The molecule has 10 nitrogen and oxygen atoms in total. The lowest BCUT2D eigenvalue weighted by atomic mass is 9.91. The molecule has 1 saturated heterocycles. The number of aromatic amines is 1. The van der Waals surface area contributed by atoms with E-state index in [9.17, 15) is 14.7 Å². The first kappa shape index (κ1) is 34.1. The van der Waals surface area contributed by atoms with E-state index < -0.39 is 5.97 Å². The quantitative estimate of drug-likeness (QED) is 0.169. The molecule has 2 aliphatic rings. The third-order valence-corrected chi connectivity index (χ3v) is 7.19. The average Bonchev–Trinajstić information content (AvgIpc) is 3.68. The van der Waals surface area contributed by atoms with Gasteiger partial charge in [-0.15, -0.1) is 10.2 Å². The number of H-pyrrole nitrogens is 1. The number of fused-ring (bicyclic) bond motifs is 1. The Hall–Kier alpha value is -4.44. The predicted octanol–water partition coefficient (Wildman–Crippen LogP) is 8.24. The van der Waals surface area contributed by atoms with Gasteiger partial charge in [-0.1, -0.05) is 46.2 Å². The van der Waals surface area contributed by atoms with E-state index >= 15 is 0 Å². The largest absolute Gasteiger partial charge is 0.505 e. The van der Waals surface area contributed by atoms with E-state index in [0.717, 1.165) is 24.9 Å². The lowest BCUT2D eigenvalue weighted by Crippen LogP contribution is -2.21. The molecule has 0 saturated carbocycles. The van der Waals surface area contributed by atoms with Gasteiger partial charge in [0.1, 0.15) is 11.4 Å². The molecule has 0 spiro atoms. The van der Waals surface area contributed by atoms with Gasteiger partial charge in [0.05, 0.1) is 16.9 Å². The monoisotopic (exact) mass is 603 g/mol. The van der Waals surface area contributed by atoms with Gasteiger partial charge in [0, 0.05) is 0 Å². The fourth-order valence-corrected chi connectivity index (χ4v) is 5.01. The summed E-state index contributed by atoms with van der Waals surface area (Å²) in [5.74, 6) is -1.51. The number of aromatic nitrogens is 2. The van der Waals surface area contributed by atoms with Crippen molar-refractivity contribution in [1.82, 2.24) is 15.1 Å². The highest BCUT2D eigenvalue weighted by Crippen LogP contribution is 2.38. The smallest absolute Gasteiger partial charge is 0.371 e. The molecule has 2 aromatic heterocycles. The molecule has 6 rings (SSSR count). The van der Waals surface area contributed by atoms with Crippen molar-refractivity contribution < 1.29 is 19.4 Å². The minimum absolute atomic E-state index is 0.117. The van der Waals surface area contributed by atoms with Gasteiger partial charge in [0.2, 0.25) is 5.76 Å². The van der Waals surface area contributed by atoms with Crippen molar-refractivity contribution in [3.8, 4) is 22.8 Å². The van der Waals surface area contributed by atoms with E-state index in [1.165, 1.54) is 72.8 Å². The van der Waals surface area contributed by atoms with Crippen molar-refractivity contribution in [2.45, 2.75) is 79.6 Å². The first-order chi connectivity index (χ1) is 21.4. The number of nitrogens with one attached hydrogen (secondary N) is 2. The molecule has 4 aromatic rings. The molecule has 10 heteroatoms.